The molecule has 4 heteroatoms. The van der Waals surface area contributed by atoms with Crippen molar-refractivity contribution in [1.29, 1.82) is 0 Å². The first kappa shape index (κ1) is 20.7. The van der Waals surface area contributed by atoms with Crippen molar-refractivity contribution < 1.29 is 4.79 Å². The fourth-order valence-electron chi connectivity index (χ4n) is 4.09. The van der Waals surface area contributed by atoms with Gasteiger partial charge in [0.15, 0.2) is 0 Å². The van der Waals surface area contributed by atoms with Gasteiger partial charge in [-0.3, -0.25) is 4.79 Å². The molecule has 28 heavy (non-hydrogen) atoms. The first-order valence-corrected chi connectivity index (χ1v) is 10.5. The normalized spacial score (nSPS) is 16.4. The van der Waals surface area contributed by atoms with Gasteiger partial charge in [-0.15, -0.1) is 0 Å². The number of carbonyl (C=O) groups is 1. The lowest BCUT2D eigenvalue weighted by molar-refractivity contribution is -0.117. The van der Waals surface area contributed by atoms with Crippen molar-refractivity contribution in [3.63, 3.8) is 0 Å². The van der Waals surface area contributed by atoms with E-state index in [4.69, 9.17) is 11.6 Å². The summed E-state index contributed by atoms with van der Waals surface area (Å²) in [5.41, 5.74) is 7.11. The third-order valence-corrected chi connectivity index (χ3v) is 5.63. The van der Waals surface area contributed by atoms with Crippen molar-refractivity contribution in [2.24, 2.45) is 5.41 Å². The first-order valence-electron chi connectivity index (χ1n) is 10.1. The van der Waals surface area contributed by atoms with E-state index >= 15 is 0 Å². The molecule has 0 aliphatic heterocycles. The van der Waals surface area contributed by atoms with Crippen LogP contribution in [0.15, 0.2) is 30.3 Å². The summed E-state index contributed by atoms with van der Waals surface area (Å²) in [4.78, 5) is 12.5. The minimum absolute atomic E-state index is 0.0201. The average molecular weight is 399 g/mol. The third kappa shape index (κ3) is 4.88. The molecule has 150 valence electrons. The molecule has 3 nitrogen and oxygen atoms in total. The van der Waals surface area contributed by atoms with Crippen LogP contribution in [-0.4, -0.2) is 5.91 Å². The predicted octanol–water partition coefficient (Wildman–Crippen LogP) is 6.82. The molecule has 3 rings (SSSR count). The Labute approximate surface area is 173 Å². The molecular weight excluding hydrogens is 368 g/mol. The van der Waals surface area contributed by atoms with Gasteiger partial charge in [-0.05, 0) is 85.0 Å². The molecule has 2 N–H and O–H groups in total. The lowest BCUT2D eigenvalue weighted by Gasteiger charge is -2.30. The summed E-state index contributed by atoms with van der Waals surface area (Å²) in [6.07, 6.45) is 3.81. The van der Waals surface area contributed by atoms with Crippen LogP contribution in [0.4, 0.5) is 11.4 Å². The van der Waals surface area contributed by atoms with Gasteiger partial charge < -0.3 is 10.6 Å². The molecule has 1 unspecified atom stereocenters. The van der Waals surface area contributed by atoms with Gasteiger partial charge in [0, 0.05) is 22.8 Å². The number of hydrogen-bond donors (Lipinski definition) is 2. The number of carbonyl (C=O) groups excluding carboxylic acids is 1. The molecule has 0 radical (unpaired) electrons. The number of fused-ring (bicyclic) bond motifs is 1. The third-order valence-electron chi connectivity index (χ3n) is 5.38. The van der Waals surface area contributed by atoms with Crippen LogP contribution in [0.2, 0.25) is 5.02 Å². The Morgan fingerprint density at radius 2 is 1.86 bits per heavy atom. The average Bonchev–Trinajstić information content (AvgIpc) is 2.60. The van der Waals surface area contributed by atoms with Crippen LogP contribution in [0.5, 0.6) is 0 Å². The Hall–Kier alpha value is -2.00. The fourth-order valence-corrected chi connectivity index (χ4v) is 4.22. The minimum atomic E-state index is -0.0201. The standard InChI is InChI=1S/C24H31ClN2O/c1-15-13-20-19(16(2)23(15)27-22(28)14-24(3,4)5)7-6-8-21(20)26-18-11-9-17(25)10-12-18/h9-13,21,26H,6-8,14H2,1-5H3,(H,27,28). The highest BCUT2D eigenvalue weighted by atomic mass is 35.5. The second-order valence-corrected chi connectivity index (χ2v) is 9.58. The van der Waals surface area contributed by atoms with Gasteiger partial charge in [0.1, 0.15) is 0 Å². The largest absolute Gasteiger partial charge is 0.378 e. The molecule has 1 atom stereocenters. The first-order chi connectivity index (χ1) is 13.1. The van der Waals surface area contributed by atoms with E-state index in [0.29, 0.717) is 6.42 Å². The zero-order chi connectivity index (χ0) is 20.5. The van der Waals surface area contributed by atoms with Gasteiger partial charge in [0.2, 0.25) is 5.91 Å². The van der Waals surface area contributed by atoms with Gasteiger partial charge in [-0.25, -0.2) is 0 Å². The Kier molecular flexibility index (Phi) is 6.04. The maximum atomic E-state index is 12.5. The summed E-state index contributed by atoms with van der Waals surface area (Å²) >= 11 is 6.01. The van der Waals surface area contributed by atoms with Gasteiger partial charge in [-0.2, -0.15) is 0 Å². The topological polar surface area (TPSA) is 41.1 Å². The Balaban J connectivity index is 1.87. The lowest BCUT2D eigenvalue weighted by Crippen LogP contribution is -2.23. The Morgan fingerprint density at radius 3 is 2.50 bits per heavy atom. The van der Waals surface area contributed by atoms with Crippen LogP contribution >= 0.6 is 11.6 Å². The van der Waals surface area contributed by atoms with Crippen molar-refractivity contribution in [3.05, 3.63) is 57.6 Å². The SMILES string of the molecule is Cc1cc2c(c(C)c1NC(=O)CC(C)(C)C)CCCC2Nc1ccc(Cl)cc1. The van der Waals surface area contributed by atoms with Gasteiger partial charge in [0.05, 0.1) is 6.04 Å². The van der Waals surface area contributed by atoms with Crippen LogP contribution in [0, 0.1) is 19.3 Å². The van der Waals surface area contributed by atoms with E-state index in [1.54, 1.807) is 0 Å². The number of anilines is 2. The van der Waals surface area contributed by atoms with Crippen molar-refractivity contribution in [3.8, 4) is 0 Å². The number of rotatable bonds is 4. The quantitative estimate of drug-likeness (QED) is 0.593. The molecule has 0 fully saturated rings. The van der Waals surface area contributed by atoms with E-state index in [1.165, 1.54) is 16.7 Å². The monoisotopic (exact) mass is 398 g/mol. The highest BCUT2D eigenvalue weighted by Gasteiger charge is 2.25. The van der Waals surface area contributed by atoms with Crippen molar-refractivity contribution in [2.45, 2.75) is 66.3 Å². The summed E-state index contributed by atoms with van der Waals surface area (Å²) in [6.45, 7) is 10.5. The van der Waals surface area contributed by atoms with Crippen LogP contribution < -0.4 is 10.6 Å². The van der Waals surface area contributed by atoms with E-state index in [9.17, 15) is 4.79 Å². The van der Waals surface area contributed by atoms with Crippen LogP contribution in [0.3, 0.4) is 0 Å². The number of hydrogen-bond acceptors (Lipinski definition) is 2. The van der Waals surface area contributed by atoms with Gasteiger partial charge in [0.25, 0.3) is 0 Å². The van der Waals surface area contributed by atoms with Crippen molar-refractivity contribution in [2.75, 3.05) is 10.6 Å². The second kappa shape index (κ2) is 8.16. The molecule has 0 saturated heterocycles. The van der Waals surface area contributed by atoms with Crippen molar-refractivity contribution >= 4 is 28.9 Å². The molecular formula is C24H31ClN2O. The van der Waals surface area contributed by atoms with Crippen molar-refractivity contribution in [1.82, 2.24) is 0 Å². The predicted molar refractivity (Wildman–Crippen MR) is 119 cm³/mol. The highest BCUT2D eigenvalue weighted by molar-refractivity contribution is 6.30. The second-order valence-electron chi connectivity index (χ2n) is 9.14. The van der Waals surface area contributed by atoms with E-state index in [1.807, 2.05) is 24.3 Å². The van der Waals surface area contributed by atoms with Crippen LogP contribution in [0.25, 0.3) is 0 Å². The van der Waals surface area contributed by atoms with Crippen LogP contribution in [0.1, 0.15) is 68.3 Å². The molecule has 0 saturated carbocycles. The zero-order valence-corrected chi connectivity index (χ0v) is 18.3. The lowest BCUT2D eigenvalue weighted by atomic mass is 9.83. The maximum Gasteiger partial charge on any atom is 0.224 e. The summed E-state index contributed by atoms with van der Waals surface area (Å²) in [5.74, 6) is 0.0882. The number of aryl methyl sites for hydroxylation is 1. The van der Waals surface area contributed by atoms with E-state index in [0.717, 1.165) is 41.2 Å². The van der Waals surface area contributed by atoms with E-state index in [-0.39, 0.29) is 17.4 Å². The molecule has 0 spiro atoms. The molecule has 0 heterocycles. The summed E-state index contributed by atoms with van der Waals surface area (Å²) in [6, 6.07) is 10.4. The molecule has 1 amide bonds. The number of nitrogens with one attached hydrogen (secondary N) is 2. The number of halogens is 1. The number of amides is 1. The molecule has 1 aliphatic rings. The Bertz CT molecular complexity index is 866. The van der Waals surface area contributed by atoms with Gasteiger partial charge >= 0.3 is 0 Å². The minimum Gasteiger partial charge on any atom is -0.378 e. The van der Waals surface area contributed by atoms with E-state index in [2.05, 4.69) is 51.3 Å². The summed E-state index contributed by atoms with van der Waals surface area (Å²) < 4.78 is 0. The summed E-state index contributed by atoms with van der Waals surface area (Å²) in [5, 5.41) is 7.59. The maximum absolute atomic E-state index is 12.5. The highest BCUT2D eigenvalue weighted by Crippen LogP contribution is 2.38. The van der Waals surface area contributed by atoms with E-state index < -0.39 is 0 Å². The molecule has 2 aromatic rings. The smallest absolute Gasteiger partial charge is 0.224 e. The molecule has 1 aliphatic carbocycles. The Morgan fingerprint density at radius 1 is 1.18 bits per heavy atom. The molecule has 2 aromatic carbocycles. The van der Waals surface area contributed by atoms with Crippen LogP contribution in [-0.2, 0) is 11.2 Å². The zero-order valence-electron chi connectivity index (χ0n) is 17.6. The summed E-state index contributed by atoms with van der Waals surface area (Å²) in [7, 11) is 0. The molecule has 0 aromatic heterocycles. The number of benzene rings is 2. The fraction of sp³-hybridized carbons (Fsp3) is 0.458. The molecule has 0 bridgehead atoms. The van der Waals surface area contributed by atoms with Gasteiger partial charge in [-0.1, -0.05) is 38.4 Å².